The molecule has 5 heteroatoms. The molecular weight excluding hydrogens is 253 g/mol. The molecule has 102 valence electrons. The Balaban J connectivity index is 3.25. The number of sulfonamides is 1. The summed E-state index contributed by atoms with van der Waals surface area (Å²) in [5, 5.41) is 0. The second-order valence-electron chi connectivity index (χ2n) is 4.92. The molecule has 0 unspecified atom stereocenters. The van der Waals surface area contributed by atoms with E-state index in [-0.39, 0.29) is 16.9 Å². The highest BCUT2D eigenvalue weighted by molar-refractivity contribution is 7.89. The molecule has 0 aromatic heterocycles. The lowest BCUT2D eigenvalue weighted by molar-refractivity contribution is 0.315. The fourth-order valence-electron chi connectivity index (χ4n) is 1.65. The SMILES string of the molecule is Cc1ccc(F)cc1S(=O)(=O)N(C)[C@@H](C)C(C)C. The molecule has 0 aliphatic carbocycles. The third-order valence-electron chi connectivity index (χ3n) is 3.35. The number of halogens is 1. The lowest BCUT2D eigenvalue weighted by Gasteiger charge is -2.27. The van der Waals surface area contributed by atoms with Crippen molar-refractivity contribution in [3.05, 3.63) is 29.6 Å². The summed E-state index contributed by atoms with van der Waals surface area (Å²) < 4.78 is 39.3. The first kappa shape index (κ1) is 15.1. The van der Waals surface area contributed by atoms with Crippen molar-refractivity contribution in [1.29, 1.82) is 0 Å². The van der Waals surface area contributed by atoms with Gasteiger partial charge in [-0.05, 0) is 37.5 Å². The van der Waals surface area contributed by atoms with Gasteiger partial charge < -0.3 is 0 Å². The molecule has 1 aromatic carbocycles. The Hall–Kier alpha value is -0.940. The summed E-state index contributed by atoms with van der Waals surface area (Å²) in [6.45, 7) is 7.42. The zero-order valence-corrected chi connectivity index (χ0v) is 12.3. The second-order valence-corrected chi connectivity index (χ2v) is 6.88. The summed E-state index contributed by atoms with van der Waals surface area (Å²) in [5.41, 5.74) is 0.555. The Bertz CT molecular complexity index is 526. The Morgan fingerprint density at radius 3 is 2.28 bits per heavy atom. The van der Waals surface area contributed by atoms with Crippen molar-refractivity contribution in [3.63, 3.8) is 0 Å². The van der Waals surface area contributed by atoms with Crippen molar-refractivity contribution < 1.29 is 12.8 Å². The van der Waals surface area contributed by atoms with Crippen molar-refractivity contribution in [3.8, 4) is 0 Å². The van der Waals surface area contributed by atoms with Gasteiger partial charge in [0, 0.05) is 13.1 Å². The average molecular weight is 273 g/mol. The third kappa shape index (κ3) is 2.90. The minimum Gasteiger partial charge on any atom is -0.207 e. The Morgan fingerprint density at radius 2 is 1.78 bits per heavy atom. The number of hydrogen-bond donors (Lipinski definition) is 0. The maximum Gasteiger partial charge on any atom is 0.243 e. The molecular formula is C13H20FNO2S. The standard InChI is InChI=1S/C13H20FNO2S/c1-9(2)11(4)15(5)18(16,17)13-8-12(14)7-6-10(13)3/h6-9,11H,1-5H3/t11-/m0/s1. The molecule has 1 atom stereocenters. The van der Waals surface area contributed by atoms with E-state index in [4.69, 9.17) is 0 Å². The predicted octanol–water partition coefficient (Wildman–Crippen LogP) is 2.80. The normalized spacial score (nSPS) is 14.2. The highest BCUT2D eigenvalue weighted by atomic mass is 32.2. The van der Waals surface area contributed by atoms with Gasteiger partial charge in [0.2, 0.25) is 10.0 Å². The smallest absolute Gasteiger partial charge is 0.207 e. The molecule has 1 aromatic rings. The number of aryl methyl sites for hydroxylation is 1. The quantitative estimate of drug-likeness (QED) is 0.846. The molecule has 0 amide bonds. The van der Waals surface area contributed by atoms with Crippen LogP contribution < -0.4 is 0 Å². The van der Waals surface area contributed by atoms with Crippen LogP contribution in [0, 0.1) is 18.7 Å². The van der Waals surface area contributed by atoms with Gasteiger partial charge in [0.1, 0.15) is 5.82 Å². The van der Waals surface area contributed by atoms with E-state index in [1.807, 2.05) is 20.8 Å². The van der Waals surface area contributed by atoms with Crippen LogP contribution in [0.3, 0.4) is 0 Å². The first-order valence-electron chi connectivity index (χ1n) is 5.92. The Labute approximate surface area is 109 Å². The molecule has 0 N–H and O–H groups in total. The molecule has 0 heterocycles. The van der Waals surface area contributed by atoms with E-state index in [2.05, 4.69) is 0 Å². The lowest BCUT2D eigenvalue weighted by Crippen LogP contribution is -2.38. The summed E-state index contributed by atoms with van der Waals surface area (Å²) >= 11 is 0. The Kier molecular flexibility index (Phi) is 4.50. The fourth-order valence-corrected chi connectivity index (χ4v) is 3.37. The average Bonchev–Trinajstić information content (AvgIpc) is 2.29. The van der Waals surface area contributed by atoms with Crippen LogP contribution in [0.1, 0.15) is 26.3 Å². The van der Waals surface area contributed by atoms with Gasteiger partial charge in [-0.2, -0.15) is 4.31 Å². The van der Waals surface area contributed by atoms with E-state index < -0.39 is 15.8 Å². The monoisotopic (exact) mass is 273 g/mol. The van der Waals surface area contributed by atoms with Gasteiger partial charge in [-0.15, -0.1) is 0 Å². The van der Waals surface area contributed by atoms with Gasteiger partial charge in [-0.1, -0.05) is 19.9 Å². The van der Waals surface area contributed by atoms with Crippen molar-refractivity contribution >= 4 is 10.0 Å². The Morgan fingerprint density at radius 1 is 1.22 bits per heavy atom. The number of hydrogen-bond acceptors (Lipinski definition) is 2. The largest absolute Gasteiger partial charge is 0.243 e. The molecule has 0 aliphatic heterocycles. The van der Waals surface area contributed by atoms with Crippen LogP contribution in [0.25, 0.3) is 0 Å². The highest BCUT2D eigenvalue weighted by Gasteiger charge is 2.28. The molecule has 0 spiro atoms. The maximum atomic E-state index is 13.2. The summed E-state index contributed by atoms with van der Waals surface area (Å²) in [6, 6.07) is 3.68. The topological polar surface area (TPSA) is 37.4 Å². The fraction of sp³-hybridized carbons (Fsp3) is 0.538. The summed E-state index contributed by atoms with van der Waals surface area (Å²) in [7, 11) is -2.11. The first-order valence-corrected chi connectivity index (χ1v) is 7.36. The van der Waals surface area contributed by atoms with Crippen LogP contribution in [0.5, 0.6) is 0 Å². The maximum absolute atomic E-state index is 13.2. The molecule has 18 heavy (non-hydrogen) atoms. The lowest BCUT2D eigenvalue weighted by atomic mass is 10.1. The van der Waals surface area contributed by atoms with Gasteiger partial charge in [0.05, 0.1) is 4.90 Å². The second kappa shape index (κ2) is 5.36. The van der Waals surface area contributed by atoms with Crippen LogP contribution in [0.2, 0.25) is 0 Å². The first-order chi connectivity index (χ1) is 8.17. The van der Waals surface area contributed by atoms with Crippen molar-refractivity contribution in [1.82, 2.24) is 4.31 Å². The van der Waals surface area contributed by atoms with Gasteiger partial charge in [0.15, 0.2) is 0 Å². The van der Waals surface area contributed by atoms with Crippen molar-refractivity contribution in [2.75, 3.05) is 7.05 Å². The van der Waals surface area contributed by atoms with E-state index in [9.17, 15) is 12.8 Å². The summed E-state index contributed by atoms with van der Waals surface area (Å²) in [5.74, 6) is -0.344. The molecule has 0 saturated heterocycles. The van der Waals surface area contributed by atoms with Gasteiger partial charge in [0.25, 0.3) is 0 Å². The molecule has 0 radical (unpaired) electrons. The van der Waals surface area contributed by atoms with E-state index >= 15 is 0 Å². The number of nitrogens with zero attached hydrogens (tertiary/aromatic N) is 1. The van der Waals surface area contributed by atoms with Gasteiger partial charge in [-0.3, -0.25) is 0 Å². The van der Waals surface area contributed by atoms with Gasteiger partial charge >= 0.3 is 0 Å². The van der Waals surface area contributed by atoms with Crippen molar-refractivity contribution in [2.24, 2.45) is 5.92 Å². The van der Waals surface area contributed by atoms with Crippen LogP contribution >= 0.6 is 0 Å². The van der Waals surface area contributed by atoms with Crippen LogP contribution in [-0.4, -0.2) is 25.8 Å². The predicted molar refractivity (Wildman–Crippen MR) is 70.4 cm³/mol. The van der Waals surface area contributed by atoms with E-state index in [0.29, 0.717) is 5.56 Å². The molecule has 1 rings (SSSR count). The van der Waals surface area contributed by atoms with E-state index in [1.54, 1.807) is 6.92 Å². The molecule has 0 aliphatic rings. The van der Waals surface area contributed by atoms with Crippen LogP contribution in [0.4, 0.5) is 4.39 Å². The zero-order chi connectivity index (χ0) is 14.1. The zero-order valence-electron chi connectivity index (χ0n) is 11.4. The summed E-state index contributed by atoms with van der Waals surface area (Å²) in [6.07, 6.45) is 0. The van der Waals surface area contributed by atoms with Crippen LogP contribution in [-0.2, 0) is 10.0 Å². The molecule has 0 bridgehead atoms. The van der Waals surface area contributed by atoms with Gasteiger partial charge in [-0.25, -0.2) is 12.8 Å². The van der Waals surface area contributed by atoms with Crippen molar-refractivity contribution in [2.45, 2.75) is 38.6 Å². The third-order valence-corrected chi connectivity index (χ3v) is 5.43. The van der Waals surface area contributed by atoms with E-state index in [0.717, 1.165) is 6.07 Å². The molecule has 0 saturated carbocycles. The van der Waals surface area contributed by atoms with E-state index in [1.165, 1.54) is 23.5 Å². The minimum absolute atomic E-state index is 0.0394. The number of benzene rings is 1. The minimum atomic E-state index is -3.64. The summed E-state index contributed by atoms with van der Waals surface area (Å²) in [4.78, 5) is 0.0394. The molecule has 3 nitrogen and oxygen atoms in total. The number of rotatable bonds is 4. The van der Waals surface area contributed by atoms with Crippen LogP contribution in [0.15, 0.2) is 23.1 Å². The molecule has 0 fully saturated rings. The highest BCUT2D eigenvalue weighted by Crippen LogP contribution is 2.23.